The summed E-state index contributed by atoms with van der Waals surface area (Å²) in [6, 6.07) is 4.07. The van der Waals surface area contributed by atoms with E-state index >= 15 is 0 Å². The van der Waals surface area contributed by atoms with Crippen LogP contribution >= 0.6 is 11.6 Å². The van der Waals surface area contributed by atoms with E-state index in [2.05, 4.69) is 11.1 Å². The number of carboxylic acid groups (broad SMARTS) is 1. The van der Waals surface area contributed by atoms with Crippen molar-refractivity contribution in [1.82, 2.24) is 9.77 Å². The third kappa shape index (κ3) is 4.82. The molecule has 2 aliphatic rings. The van der Waals surface area contributed by atoms with Crippen molar-refractivity contribution in [3.63, 3.8) is 0 Å². The van der Waals surface area contributed by atoms with E-state index in [1.807, 2.05) is 0 Å². The molecule has 0 bridgehead atoms. The molecule has 1 N–H and O–H groups in total. The number of aromatic nitrogens is 2. The van der Waals surface area contributed by atoms with Crippen molar-refractivity contribution in [2.75, 3.05) is 0 Å². The zero-order valence-electron chi connectivity index (χ0n) is 8.72. The average Bonchev–Trinajstić information content (AvgIpc) is 2.74. The van der Waals surface area contributed by atoms with Crippen LogP contribution in [-0.2, 0) is 9.59 Å². The molecule has 2 heterocycles. The number of halogens is 2. The number of carbonyl (C=O) groups excluding carboxylic acids is 1. The molecule has 0 saturated heterocycles. The maximum Gasteiger partial charge on any atom is 1.00 e. The summed E-state index contributed by atoms with van der Waals surface area (Å²) in [7, 11) is 0. The monoisotopic (exact) mass is 282 g/mol. The number of carbonyl (C=O) groups is 2. The first-order valence-corrected chi connectivity index (χ1v) is 4.31. The summed E-state index contributed by atoms with van der Waals surface area (Å²) >= 11 is 5.71. The maximum absolute atomic E-state index is 12.8. The SMILES string of the molecule is Fn1ccc(Cl)c2nc[c-]c1-2.O=CC(=O)O.[K+]. The molecular formula is C9H5ClFKN2O3. The van der Waals surface area contributed by atoms with Crippen molar-refractivity contribution in [3.8, 4) is 11.4 Å². The van der Waals surface area contributed by atoms with E-state index in [0.717, 1.165) is 0 Å². The molecule has 2 aliphatic heterocycles. The Morgan fingerprint density at radius 2 is 2.24 bits per heavy atom. The summed E-state index contributed by atoms with van der Waals surface area (Å²) in [5, 5.41) is 7.79. The fourth-order valence-electron chi connectivity index (χ4n) is 0.909. The Morgan fingerprint density at radius 1 is 1.65 bits per heavy atom. The molecule has 2 rings (SSSR count). The first-order chi connectivity index (χ1) is 7.56. The minimum absolute atomic E-state index is 0. The zero-order valence-corrected chi connectivity index (χ0v) is 12.6. The van der Waals surface area contributed by atoms with Crippen LogP contribution in [0, 0.1) is 6.07 Å². The fraction of sp³-hybridized carbons (Fsp3) is 0. The molecule has 17 heavy (non-hydrogen) atoms. The average molecular weight is 283 g/mol. The number of hydrogen-bond donors (Lipinski definition) is 1. The van der Waals surface area contributed by atoms with Crippen LogP contribution in [0.15, 0.2) is 18.5 Å². The Balaban J connectivity index is 0.000000373. The predicted octanol–water partition coefficient (Wildman–Crippen LogP) is -1.55. The molecular weight excluding hydrogens is 278 g/mol. The van der Waals surface area contributed by atoms with Crippen LogP contribution < -0.4 is 51.4 Å². The second-order valence-corrected chi connectivity index (χ2v) is 2.94. The van der Waals surface area contributed by atoms with Gasteiger partial charge in [0.25, 0.3) is 0 Å². The van der Waals surface area contributed by atoms with E-state index in [-0.39, 0.29) is 63.4 Å². The maximum atomic E-state index is 12.8. The van der Waals surface area contributed by atoms with E-state index in [0.29, 0.717) is 15.5 Å². The Kier molecular flexibility index (Phi) is 7.76. The van der Waals surface area contributed by atoms with E-state index in [1.165, 1.54) is 18.5 Å². The van der Waals surface area contributed by atoms with E-state index in [4.69, 9.17) is 26.3 Å². The molecule has 0 spiro atoms. The molecule has 0 aromatic carbocycles. The number of carboxylic acids is 1. The van der Waals surface area contributed by atoms with Gasteiger partial charge < -0.3 is 10.1 Å². The van der Waals surface area contributed by atoms with E-state index < -0.39 is 5.97 Å². The number of hydrogen-bond acceptors (Lipinski definition) is 3. The van der Waals surface area contributed by atoms with Crippen LogP contribution in [0.4, 0.5) is 4.48 Å². The van der Waals surface area contributed by atoms with Gasteiger partial charge in [0.2, 0.25) is 6.29 Å². The molecule has 84 valence electrons. The first kappa shape index (κ1) is 16.7. The molecule has 5 nitrogen and oxygen atoms in total. The molecule has 0 unspecified atom stereocenters. The Bertz CT molecular complexity index is 458. The van der Waals surface area contributed by atoms with Gasteiger partial charge in [0.1, 0.15) is 0 Å². The van der Waals surface area contributed by atoms with Crippen molar-refractivity contribution in [3.05, 3.63) is 29.5 Å². The van der Waals surface area contributed by atoms with Gasteiger partial charge >= 0.3 is 57.4 Å². The Morgan fingerprint density at radius 3 is 2.71 bits per heavy atom. The summed E-state index contributed by atoms with van der Waals surface area (Å²) in [5.41, 5.74) is 0.717. The summed E-state index contributed by atoms with van der Waals surface area (Å²) < 4.78 is 12.8. The summed E-state index contributed by atoms with van der Waals surface area (Å²) in [5.74, 6) is -1.43. The van der Waals surface area contributed by atoms with Gasteiger partial charge in [0, 0.05) is 6.20 Å². The second-order valence-electron chi connectivity index (χ2n) is 2.53. The molecule has 0 amide bonds. The van der Waals surface area contributed by atoms with Gasteiger partial charge in [-0.25, -0.2) is 15.7 Å². The predicted molar refractivity (Wildman–Crippen MR) is 52.9 cm³/mol. The van der Waals surface area contributed by atoms with Gasteiger partial charge in [0.15, 0.2) is 0 Å². The van der Waals surface area contributed by atoms with E-state index in [9.17, 15) is 4.48 Å². The Hall–Kier alpha value is -0.314. The van der Waals surface area contributed by atoms with Crippen molar-refractivity contribution < 1.29 is 70.6 Å². The van der Waals surface area contributed by atoms with Gasteiger partial charge in [-0.15, -0.1) is 11.6 Å². The molecule has 0 atom stereocenters. The molecule has 8 heteroatoms. The summed E-state index contributed by atoms with van der Waals surface area (Å²) in [6.45, 7) is 0. The van der Waals surface area contributed by atoms with Crippen molar-refractivity contribution in [2.24, 2.45) is 0 Å². The first-order valence-electron chi connectivity index (χ1n) is 3.93. The van der Waals surface area contributed by atoms with Crippen LogP contribution in [0.1, 0.15) is 0 Å². The number of aliphatic carboxylic acids is 1. The molecule has 0 aliphatic carbocycles. The van der Waals surface area contributed by atoms with Gasteiger partial charge in [-0.1, -0.05) is 16.4 Å². The van der Waals surface area contributed by atoms with Crippen LogP contribution in [0.25, 0.3) is 11.4 Å². The number of pyridine rings is 1. The Labute approximate surface area is 143 Å². The van der Waals surface area contributed by atoms with Crippen LogP contribution in [0.2, 0.25) is 5.02 Å². The number of rotatable bonds is 1. The quantitative estimate of drug-likeness (QED) is 0.297. The standard InChI is InChI=1S/C7H3ClFN2.C2H2O3.K/c8-5-2-4-11(9)6-1-3-10-7(5)6;3-1-2(4)5;/h2-4H;1H,(H,4,5);/q-1;;+1. The molecule has 0 saturated carbocycles. The van der Waals surface area contributed by atoms with Crippen LogP contribution in [0.5, 0.6) is 0 Å². The zero-order chi connectivity index (χ0) is 12.1. The minimum Gasteiger partial charge on any atom is -0.476 e. The number of nitrogens with zero attached hydrogens (tertiary/aromatic N) is 2. The van der Waals surface area contributed by atoms with Gasteiger partial charge in [-0.05, 0) is 16.8 Å². The third-order valence-electron chi connectivity index (χ3n) is 1.51. The smallest absolute Gasteiger partial charge is 0.476 e. The van der Waals surface area contributed by atoms with Crippen molar-refractivity contribution in [1.29, 1.82) is 0 Å². The normalized spacial score (nSPS) is 8.82. The third-order valence-corrected chi connectivity index (χ3v) is 1.82. The fourth-order valence-corrected chi connectivity index (χ4v) is 1.10. The van der Waals surface area contributed by atoms with Crippen LogP contribution in [-0.4, -0.2) is 27.1 Å². The van der Waals surface area contributed by atoms with Crippen molar-refractivity contribution >= 4 is 23.9 Å². The van der Waals surface area contributed by atoms with Gasteiger partial charge in [-0.2, -0.15) is 0 Å². The summed E-state index contributed by atoms with van der Waals surface area (Å²) in [6.07, 6.45) is 2.45. The van der Waals surface area contributed by atoms with Gasteiger partial charge in [0.05, 0.1) is 0 Å². The molecule has 0 aromatic rings. The van der Waals surface area contributed by atoms with E-state index in [1.54, 1.807) is 0 Å². The van der Waals surface area contributed by atoms with Crippen LogP contribution in [0.3, 0.4) is 0 Å². The topological polar surface area (TPSA) is 72.2 Å². The van der Waals surface area contributed by atoms with Gasteiger partial charge in [-0.3, -0.25) is 4.79 Å². The molecule has 0 radical (unpaired) electrons. The number of aldehydes is 1. The summed E-state index contributed by atoms with van der Waals surface area (Å²) in [4.78, 5) is 22.2. The van der Waals surface area contributed by atoms with Crippen molar-refractivity contribution in [2.45, 2.75) is 0 Å². The number of fused-ring (bicyclic) bond motifs is 1. The molecule has 0 aromatic heterocycles. The largest absolute Gasteiger partial charge is 1.00 e. The second kappa shape index (κ2) is 7.91. The molecule has 0 fully saturated rings. The minimum atomic E-state index is -1.43.